The molecule has 3 rings (SSSR count). The van der Waals surface area contributed by atoms with Crippen LogP contribution in [-0.2, 0) is 13.0 Å². The monoisotopic (exact) mass is 275 g/mol. The molecule has 1 aromatic heterocycles. The molecule has 0 spiro atoms. The number of aliphatic hydroxyl groups is 1. The van der Waals surface area contributed by atoms with Gasteiger partial charge in [0.2, 0.25) is 0 Å². The van der Waals surface area contributed by atoms with Gasteiger partial charge in [0.1, 0.15) is 0 Å². The molecule has 1 N–H and O–H groups in total. The van der Waals surface area contributed by atoms with Gasteiger partial charge in [0, 0.05) is 23.5 Å². The Bertz CT molecular complexity index is 480. The first-order valence-electron chi connectivity index (χ1n) is 8.33. The van der Waals surface area contributed by atoms with E-state index in [0.29, 0.717) is 0 Å². The van der Waals surface area contributed by atoms with Gasteiger partial charge in [-0.3, -0.25) is 0 Å². The highest BCUT2D eigenvalue weighted by Gasteiger charge is 2.34. The number of hydrogen-bond acceptors (Lipinski definition) is 1. The first-order valence-corrected chi connectivity index (χ1v) is 8.33. The van der Waals surface area contributed by atoms with Gasteiger partial charge in [0.05, 0.1) is 6.10 Å². The van der Waals surface area contributed by atoms with Gasteiger partial charge < -0.3 is 9.67 Å². The van der Waals surface area contributed by atoms with E-state index in [4.69, 9.17) is 0 Å². The Morgan fingerprint density at radius 3 is 2.70 bits per heavy atom. The quantitative estimate of drug-likeness (QED) is 0.870. The van der Waals surface area contributed by atoms with Crippen LogP contribution in [0.25, 0.3) is 0 Å². The van der Waals surface area contributed by atoms with E-state index in [1.807, 2.05) is 0 Å². The van der Waals surface area contributed by atoms with Crippen LogP contribution in [0.3, 0.4) is 0 Å². The Hall–Kier alpha value is -0.760. The number of aryl methyl sites for hydroxylation is 1. The van der Waals surface area contributed by atoms with Crippen molar-refractivity contribution in [2.45, 2.75) is 78.4 Å². The maximum absolute atomic E-state index is 10.4. The van der Waals surface area contributed by atoms with Crippen molar-refractivity contribution in [3.05, 3.63) is 23.0 Å². The molecule has 0 aromatic carbocycles. The van der Waals surface area contributed by atoms with Crippen molar-refractivity contribution >= 4 is 0 Å². The van der Waals surface area contributed by atoms with Crippen molar-refractivity contribution in [3.8, 4) is 0 Å². The molecule has 0 saturated heterocycles. The van der Waals surface area contributed by atoms with Crippen LogP contribution >= 0.6 is 0 Å². The summed E-state index contributed by atoms with van der Waals surface area (Å²) in [5.41, 5.74) is 4.17. The van der Waals surface area contributed by atoms with E-state index < -0.39 is 0 Å². The average Bonchev–Trinajstić information content (AvgIpc) is 2.94. The Labute approximate surface area is 123 Å². The fourth-order valence-corrected chi connectivity index (χ4v) is 4.32. The summed E-state index contributed by atoms with van der Waals surface area (Å²) >= 11 is 0. The number of aliphatic hydroxyl groups excluding tert-OH is 1. The summed E-state index contributed by atoms with van der Waals surface area (Å²) in [5, 5.41) is 10.4. The molecule has 2 heteroatoms. The second-order valence-corrected chi connectivity index (χ2v) is 7.84. The first kappa shape index (κ1) is 14.2. The molecule has 1 atom stereocenters. The molecular weight excluding hydrogens is 246 g/mol. The zero-order chi connectivity index (χ0) is 14.3. The van der Waals surface area contributed by atoms with Crippen molar-refractivity contribution in [1.29, 1.82) is 0 Å². The predicted octanol–water partition coefficient (Wildman–Crippen LogP) is 4.38. The third kappa shape index (κ3) is 2.67. The molecule has 0 bridgehead atoms. The smallest absolute Gasteiger partial charge is 0.0812 e. The molecule has 0 amide bonds. The van der Waals surface area contributed by atoms with E-state index in [1.165, 1.54) is 49.1 Å². The SMILES string of the molecule is Cc1cc2c(n1CCC1CCCC1)CC(C)(C)CC2O. The topological polar surface area (TPSA) is 25.2 Å². The summed E-state index contributed by atoms with van der Waals surface area (Å²) in [6, 6.07) is 2.23. The Kier molecular flexibility index (Phi) is 3.70. The maximum Gasteiger partial charge on any atom is 0.0812 e. The number of rotatable bonds is 3. The van der Waals surface area contributed by atoms with Crippen LogP contribution in [-0.4, -0.2) is 9.67 Å². The van der Waals surface area contributed by atoms with Gasteiger partial charge in [-0.1, -0.05) is 39.5 Å². The van der Waals surface area contributed by atoms with Gasteiger partial charge in [-0.05, 0) is 43.6 Å². The number of hydrogen-bond donors (Lipinski definition) is 1. The fourth-order valence-electron chi connectivity index (χ4n) is 4.32. The number of nitrogens with zero attached hydrogens (tertiary/aromatic N) is 1. The normalized spacial score (nSPS) is 25.9. The van der Waals surface area contributed by atoms with Crippen molar-refractivity contribution in [1.82, 2.24) is 4.57 Å². The standard InChI is InChI=1S/C18H29NO/c1-13-10-15-16(11-18(2,3)12-17(15)20)19(13)9-8-14-6-4-5-7-14/h10,14,17,20H,4-9,11-12H2,1-3H3. The minimum Gasteiger partial charge on any atom is -0.388 e. The van der Waals surface area contributed by atoms with E-state index in [9.17, 15) is 5.11 Å². The fraction of sp³-hybridized carbons (Fsp3) is 0.778. The highest BCUT2D eigenvalue weighted by molar-refractivity contribution is 5.33. The van der Waals surface area contributed by atoms with Gasteiger partial charge in [-0.25, -0.2) is 0 Å². The van der Waals surface area contributed by atoms with E-state index in [-0.39, 0.29) is 11.5 Å². The second-order valence-electron chi connectivity index (χ2n) is 7.84. The number of fused-ring (bicyclic) bond motifs is 1. The van der Waals surface area contributed by atoms with Crippen LogP contribution in [0.5, 0.6) is 0 Å². The first-order chi connectivity index (χ1) is 9.46. The molecule has 1 heterocycles. The Morgan fingerprint density at radius 1 is 1.30 bits per heavy atom. The van der Waals surface area contributed by atoms with E-state index in [0.717, 1.165) is 25.3 Å². The molecule has 1 fully saturated rings. The van der Waals surface area contributed by atoms with Crippen molar-refractivity contribution < 1.29 is 5.11 Å². The minimum absolute atomic E-state index is 0.225. The maximum atomic E-state index is 10.4. The largest absolute Gasteiger partial charge is 0.388 e. The van der Waals surface area contributed by atoms with Crippen LogP contribution < -0.4 is 0 Å². The summed E-state index contributed by atoms with van der Waals surface area (Å²) in [6.45, 7) is 7.91. The minimum atomic E-state index is -0.264. The molecular formula is C18H29NO. The molecule has 20 heavy (non-hydrogen) atoms. The lowest BCUT2D eigenvalue weighted by Crippen LogP contribution is -2.27. The summed E-state index contributed by atoms with van der Waals surface area (Å²) in [6.07, 6.45) is 8.77. The lowest BCUT2D eigenvalue weighted by molar-refractivity contribution is 0.0978. The second kappa shape index (κ2) is 5.22. The summed E-state index contributed by atoms with van der Waals surface area (Å²) in [7, 11) is 0. The molecule has 2 nitrogen and oxygen atoms in total. The predicted molar refractivity (Wildman–Crippen MR) is 82.8 cm³/mol. The third-order valence-electron chi connectivity index (χ3n) is 5.44. The zero-order valence-corrected chi connectivity index (χ0v) is 13.3. The highest BCUT2D eigenvalue weighted by atomic mass is 16.3. The van der Waals surface area contributed by atoms with Gasteiger partial charge in [0.15, 0.2) is 0 Å². The molecule has 2 aliphatic rings. The molecule has 0 aliphatic heterocycles. The average molecular weight is 275 g/mol. The van der Waals surface area contributed by atoms with Crippen molar-refractivity contribution in [3.63, 3.8) is 0 Å². The lowest BCUT2D eigenvalue weighted by atomic mass is 9.75. The summed E-state index contributed by atoms with van der Waals surface area (Å²) in [5.74, 6) is 0.939. The van der Waals surface area contributed by atoms with E-state index in [1.54, 1.807) is 0 Å². The van der Waals surface area contributed by atoms with Gasteiger partial charge in [-0.2, -0.15) is 0 Å². The molecule has 1 unspecified atom stereocenters. The Morgan fingerprint density at radius 2 is 2.00 bits per heavy atom. The third-order valence-corrected chi connectivity index (χ3v) is 5.44. The van der Waals surface area contributed by atoms with Crippen LogP contribution in [0, 0.1) is 18.3 Å². The van der Waals surface area contributed by atoms with Gasteiger partial charge in [0.25, 0.3) is 0 Å². The molecule has 1 saturated carbocycles. The summed E-state index contributed by atoms with van der Waals surface area (Å²) < 4.78 is 2.50. The zero-order valence-electron chi connectivity index (χ0n) is 13.3. The summed E-state index contributed by atoms with van der Waals surface area (Å²) in [4.78, 5) is 0. The number of aromatic nitrogens is 1. The highest BCUT2D eigenvalue weighted by Crippen LogP contribution is 2.42. The molecule has 0 radical (unpaired) electrons. The van der Waals surface area contributed by atoms with Crippen molar-refractivity contribution in [2.24, 2.45) is 11.3 Å². The van der Waals surface area contributed by atoms with E-state index >= 15 is 0 Å². The van der Waals surface area contributed by atoms with Gasteiger partial charge >= 0.3 is 0 Å². The van der Waals surface area contributed by atoms with Crippen LogP contribution in [0.2, 0.25) is 0 Å². The van der Waals surface area contributed by atoms with Crippen molar-refractivity contribution in [2.75, 3.05) is 0 Å². The molecule has 112 valence electrons. The van der Waals surface area contributed by atoms with Crippen LogP contribution in [0.1, 0.15) is 75.4 Å². The molecule has 2 aliphatic carbocycles. The van der Waals surface area contributed by atoms with Crippen LogP contribution in [0.4, 0.5) is 0 Å². The van der Waals surface area contributed by atoms with Gasteiger partial charge in [-0.15, -0.1) is 0 Å². The van der Waals surface area contributed by atoms with Crippen LogP contribution in [0.15, 0.2) is 6.07 Å². The Balaban J connectivity index is 1.80. The molecule has 1 aromatic rings. The van der Waals surface area contributed by atoms with E-state index in [2.05, 4.69) is 31.4 Å². The lowest BCUT2D eigenvalue weighted by Gasteiger charge is -2.34.